The van der Waals surface area contributed by atoms with Crippen molar-refractivity contribution in [2.45, 2.75) is 31.0 Å². The maximum absolute atomic E-state index is 11.9. The van der Waals surface area contributed by atoms with Gasteiger partial charge in [-0.15, -0.1) is 10.2 Å². The largest absolute Gasteiger partial charge is 0.353 e. The highest BCUT2D eigenvalue weighted by Crippen LogP contribution is 2.26. The van der Waals surface area contributed by atoms with Crippen molar-refractivity contribution in [1.82, 2.24) is 19.9 Å². The predicted octanol–water partition coefficient (Wildman–Crippen LogP) is 2.56. The summed E-state index contributed by atoms with van der Waals surface area (Å²) in [4.78, 5) is 11.9. The first kappa shape index (κ1) is 13.6. The van der Waals surface area contributed by atoms with Crippen molar-refractivity contribution in [3.05, 3.63) is 35.9 Å². The number of hydrogen-bond acceptors (Lipinski definition) is 4. The number of thioether (sulfide) groups is 1. The monoisotopic (exact) mass is 312 g/mol. The van der Waals surface area contributed by atoms with Gasteiger partial charge in [0.05, 0.1) is 11.3 Å². The number of hydrogen-bond donors (Lipinski definition) is 1. The zero-order chi connectivity index (χ0) is 15.1. The summed E-state index contributed by atoms with van der Waals surface area (Å²) in [5.74, 6) is 0.445. The number of amides is 1. The van der Waals surface area contributed by atoms with Gasteiger partial charge in [-0.1, -0.05) is 30.0 Å². The molecule has 1 saturated carbocycles. The fourth-order valence-electron chi connectivity index (χ4n) is 2.60. The van der Waals surface area contributed by atoms with E-state index in [4.69, 9.17) is 0 Å². The van der Waals surface area contributed by atoms with Crippen molar-refractivity contribution in [1.29, 1.82) is 0 Å². The highest BCUT2D eigenvalue weighted by Gasteiger charge is 2.23. The molecule has 1 N–H and O–H groups in total. The van der Waals surface area contributed by atoms with Gasteiger partial charge in [-0.05, 0) is 37.5 Å². The second-order valence-corrected chi connectivity index (χ2v) is 6.59. The molecule has 1 aromatic carbocycles. The summed E-state index contributed by atoms with van der Waals surface area (Å²) in [5, 5.41) is 13.4. The topological polar surface area (TPSA) is 59.3 Å². The number of para-hydroxylation sites is 1. The molecule has 1 amide bonds. The van der Waals surface area contributed by atoms with E-state index in [0.29, 0.717) is 11.8 Å². The van der Waals surface area contributed by atoms with Crippen LogP contribution in [0.3, 0.4) is 0 Å². The second-order valence-electron chi connectivity index (χ2n) is 5.65. The quantitative estimate of drug-likeness (QED) is 0.752. The van der Waals surface area contributed by atoms with Gasteiger partial charge in [-0.3, -0.25) is 9.20 Å². The molecule has 0 unspecified atom stereocenters. The molecule has 112 valence electrons. The van der Waals surface area contributed by atoms with Gasteiger partial charge in [-0.2, -0.15) is 0 Å². The zero-order valence-electron chi connectivity index (χ0n) is 12.2. The van der Waals surface area contributed by atoms with Crippen LogP contribution >= 0.6 is 11.8 Å². The van der Waals surface area contributed by atoms with Gasteiger partial charge >= 0.3 is 0 Å². The number of nitrogens with zero attached hydrogens (tertiary/aromatic N) is 3. The Morgan fingerprint density at radius 1 is 1.36 bits per heavy atom. The van der Waals surface area contributed by atoms with Crippen LogP contribution in [0.15, 0.2) is 35.5 Å². The third-order valence-corrected chi connectivity index (χ3v) is 4.78. The van der Waals surface area contributed by atoms with E-state index in [1.54, 1.807) is 0 Å². The molecule has 3 aromatic rings. The minimum atomic E-state index is 0.0701. The van der Waals surface area contributed by atoms with Gasteiger partial charge in [0, 0.05) is 11.4 Å². The molecule has 0 aliphatic heterocycles. The van der Waals surface area contributed by atoms with E-state index >= 15 is 0 Å². The lowest BCUT2D eigenvalue weighted by molar-refractivity contribution is -0.118. The van der Waals surface area contributed by atoms with E-state index in [1.165, 1.54) is 22.7 Å². The van der Waals surface area contributed by atoms with Crippen molar-refractivity contribution in [2.24, 2.45) is 0 Å². The number of nitrogens with one attached hydrogen (secondary N) is 1. The fraction of sp³-hybridized carbons (Fsp3) is 0.312. The molecule has 0 radical (unpaired) electrons. The van der Waals surface area contributed by atoms with Crippen LogP contribution in [0.5, 0.6) is 0 Å². The maximum atomic E-state index is 11.9. The van der Waals surface area contributed by atoms with Crippen LogP contribution in [0.4, 0.5) is 0 Å². The van der Waals surface area contributed by atoms with Crippen LogP contribution in [0.25, 0.3) is 16.6 Å². The number of pyridine rings is 1. The van der Waals surface area contributed by atoms with E-state index in [0.717, 1.165) is 29.2 Å². The normalized spacial score (nSPS) is 14.6. The summed E-state index contributed by atoms with van der Waals surface area (Å²) < 4.78 is 2.03. The summed E-state index contributed by atoms with van der Waals surface area (Å²) in [6, 6.07) is 10.6. The zero-order valence-corrected chi connectivity index (χ0v) is 13.1. The summed E-state index contributed by atoms with van der Waals surface area (Å²) in [5.41, 5.74) is 3.08. The average molecular weight is 312 g/mol. The molecule has 4 rings (SSSR count). The molecule has 0 atom stereocenters. The van der Waals surface area contributed by atoms with E-state index in [1.807, 2.05) is 22.6 Å². The highest BCUT2D eigenvalue weighted by molar-refractivity contribution is 7.99. The lowest BCUT2D eigenvalue weighted by Crippen LogP contribution is -2.27. The number of carbonyl (C=O) groups excluding carboxylic acids is 1. The van der Waals surface area contributed by atoms with Crippen LogP contribution < -0.4 is 5.32 Å². The Morgan fingerprint density at radius 2 is 2.18 bits per heavy atom. The Hall–Kier alpha value is -2.08. The van der Waals surface area contributed by atoms with Crippen LogP contribution in [-0.2, 0) is 4.79 Å². The van der Waals surface area contributed by atoms with Gasteiger partial charge < -0.3 is 5.32 Å². The Morgan fingerprint density at radius 3 is 3.00 bits per heavy atom. The van der Waals surface area contributed by atoms with Gasteiger partial charge in [0.15, 0.2) is 10.8 Å². The molecular weight excluding hydrogens is 296 g/mol. The minimum absolute atomic E-state index is 0.0701. The van der Waals surface area contributed by atoms with Gasteiger partial charge in [0.25, 0.3) is 0 Å². The molecule has 0 saturated heterocycles. The smallest absolute Gasteiger partial charge is 0.230 e. The van der Waals surface area contributed by atoms with Crippen LogP contribution in [0.1, 0.15) is 18.4 Å². The molecule has 1 aliphatic rings. The van der Waals surface area contributed by atoms with Crippen molar-refractivity contribution in [3.63, 3.8) is 0 Å². The van der Waals surface area contributed by atoms with E-state index in [9.17, 15) is 4.79 Å². The standard InChI is InChI=1S/C16H16N4OS/c1-10-8-14-18-19-16(22-9-15(21)17-11-6-7-11)20(14)13-5-3-2-4-12(10)13/h2-5,8,11H,6-7,9H2,1H3,(H,17,21). The summed E-state index contributed by atoms with van der Waals surface area (Å²) >= 11 is 1.43. The molecule has 1 fully saturated rings. The molecule has 2 heterocycles. The van der Waals surface area contributed by atoms with Gasteiger partial charge in [0.1, 0.15) is 0 Å². The van der Waals surface area contributed by atoms with Crippen LogP contribution in [-0.4, -0.2) is 32.3 Å². The van der Waals surface area contributed by atoms with Crippen molar-refractivity contribution in [3.8, 4) is 0 Å². The number of rotatable bonds is 4. The number of aromatic nitrogens is 3. The highest BCUT2D eigenvalue weighted by atomic mass is 32.2. The molecule has 6 heteroatoms. The Labute approximate surface area is 132 Å². The number of carbonyl (C=O) groups is 1. The summed E-state index contributed by atoms with van der Waals surface area (Å²) in [6.45, 7) is 2.08. The fourth-order valence-corrected chi connectivity index (χ4v) is 3.36. The first-order valence-electron chi connectivity index (χ1n) is 7.38. The SMILES string of the molecule is Cc1cc2nnc(SCC(=O)NC3CC3)n2c2ccccc12. The molecule has 0 spiro atoms. The summed E-state index contributed by atoms with van der Waals surface area (Å²) in [6.07, 6.45) is 2.21. The van der Waals surface area contributed by atoms with E-state index in [-0.39, 0.29) is 5.91 Å². The molecule has 0 bridgehead atoms. The third-order valence-electron chi connectivity index (χ3n) is 3.85. The molecule has 1 aliphatic carbocycles. The molecule has 5 nitrogen and oxygen atoms in total. The van der Waals surface area contributed by atoms with Gasteiger partial charge in [-0.25, -0.2) is 0 Å². The predicted molar refractivity (Wildman–Crippen MR) is 87.1 cm³/mol. The molecule has 22 heavy (non-hydrogen) atoms. The lowest BCUT2D eigenvalue weighted by Gasteiger charge is -2.07. The lowest BCUT2D eigenvalue weighted by atomic mass is 10.1. The van der Waals surface area contributed by atoms with Crippen molar-refractivity contribution >= 4 is 34.2 Å². The molecular formula is C16H16N4OS. The first-order valence-corrected chi connectivity index (χ1v) is 8.36. The Bertz CT molecular complexity index is 869. The number of aryl methyl sites for hydroxylation is 1. The van der Waals surface area contributed by atoms with Crippen LogP contribution in [0.2, 0.25) is 0 Å². The van der Waals surface area contributed by atoms with Crippen molar-refractivity contribution < 1.29 is 4.79 Å². The Balaban J connectivity index is 1.68. The second kappa shape index (κ2) is 5.28. The van der Waals surface area contributed by atoms with E-state index in [2.05, 4.69) is 34.6 Å². The Kier molecular flexibility index (Phi) is 3.26. The van der Waals surface area contributed by atoms with Crippen LogP contribution in [0, 0.1) is 6.92 Å². The van der Waals surface area contributed by atoms with Crippen molar-refractivity contribution in [2.75, 3.05) is 5.75 Å². The van der Waals surface area contributed by atoms with Gasteiger partial charge in [0.2, 0.25) is 5.91 Å². The van der Waals surface area contributed by atoms with E-state index < -0.39 is 0 Å². The maximum Gasteiger partial charge on any atom is 0.230 e. The number of benzene rings is 1. The average Bonchev–Trinajstić information content (AvgIpc) is 3.24. The minimum Gasteiger partial charge on any atom is -0.353 e. The first-order chi connectivity index (χ1) is 10.7. The summed E-state index contributed by atoms with van der Waals surface area (Å²) in [7, 11) is 0. The number of fused-ring (bicyclic) bond motifs is 3. The molecule has 2 aromatic heterocycles. The third kappa shape index (κ3) is 2.43.